The number of aromatic nitrogens is 4. The van der Waals surface area contributed by atoms with E-state index in [0.29, 0.717) is 60.2 Å². The molecule has 8 N–H and O–H groups in total. The molecular formula is C67H87ClN10O15S2. The maximum Gasteiger partial charge on any atom is 0.409 e. The summed E-state index contributed by atoms with van der Waals surface area (Å²) in [6.45, 7) is 16.0. The number of hydrogen-bond acceptors (Lipinski definition) is 19. The predicted octanol–water partition coefficient (Wildman–Crippen LogP) is 8.87. The quantitative estimate of drug-likeness (QED) is 0.0176. The highest BCUT2D eigenvalue weighted by molar-refractivity contribution is 8.77. The summed E-state index contributed by atoms with van der Waals surface area (Å²) in [6.07, 6.45) is 4.64. The molecule has 0 radical (unpaired) electrons. The number of benzene rings is 3. The number of nitrogens with zero attached hydrogens (tertiary/aromatic N) is 7. The molecule has 0 unspecified atom stereocenters. The Labute approximate surface area is 565 Å². The number of alkyl carbamates (subject to hydrolysis) is 1. The van der Waals surface area contributed by atoms with Gasteiger partial charge in [0.05, 0.1) is 36.6 Å². The van der Waals surface area contributed by atoms with Gasteiger partial charge in [-0.25, -0.2) is 19.0 Å². The number of likely N-dealkylation sites (N-methyl/N-ethyl adjacent to an activating group) is 1. The minimum absolute atomic E-state index is 0.0237. The number of nitrogens with one attached hydrogen (secondary N) is 2. The van der Waals surface area contributed by atoms with Crippen molar-refractivity contribution < 1.29 is 72.9 Å². The van der Waals surface area contributed by atoms with Crippen molar-refractivity contribution in [3.05, 3.63) is 94.7 Å². The van der Waals surface area contributed by atoms with Crippen molar-refractivity contribution >= 4 is 85.6 Å². The monoisotopic (exact) mass is 1370 g/mol. The number of anilines is 1. The number of methoxy groups -OCH3 is 2. The fraction of sp³-hybridized carbons (Fsp3) is 0.522. The summed E-state index contributed by atoms with van der Waals surface area (Å²) < 4.78 is 32.3. The number of likely N-dealkylation sites (tertiary alicyclic amines) is 1. The molecule has 25 nitrogen and oxygen atoms in total. The minimum atomic E-state index is -1.89. The number of phenolic OH excluding ortho intramolecular Hbond substituents is 2. The molecule has 9 rings (SSSR count). The molecule has 3 saturated heterocycles. The molecular weight excluding hydrogens is 1280 g/mol. The number of ether oxygens (including phenoxy) is 5. The number of halogens is 1. The van der Waals surface area contributed by atoms with Crippen LogP contribution in [0.2, 0.25) is 5.02 Å². The van der Waals surface area contributed by atoms with Crippen LogP contribution in [0.1, 0.15) is 111 Å². The summed E-state index contributed by atoms with van der Waals surface area (Å²) in [4.78, 5) is 86.9. The Hall–Kier alpha value is -7.69. The molecule has 514 valence electrons. The molecule has 95 heavy (non-hydrogen) atoms. The Kier molecular flexibility index (Phi) is 22.1. The van der Waals surface area contributed by atoms with E-state index in [0.717, 1.165) is 41.3 Å². The maximum atomic E-state index is 14.5. The number of primary amides is 1. The van der Waals surface area contributed by atoms with Crippen molar-refractivity contribution in [1.82, 2.24) is 39.8 Å². The zero-order valence-electron chi connectivity index (χ0n) is 55.6. The second-order valence-corrected chi connectivity index (χ2v) is 29.6. The average Bonchev–Trinajstić information content (AvgIpc) is 1.58. The molecule has 2 aromatic heterocycles. The van der Waals surface area contributed by atoms with Crippen LogP contribution in [0.15, 0.2) is 78.5 Å². The summed E-state index contributed by atoms with van der Waals surface area (Å²) in [5.74, 6) is -2.21. The number of allylic oxidation sites excluding steroid dienone is 3. The molecule has 0 spiro atoms. The molecule has 28 heteroatoms. The number of urea groups is 1. The first-order valence-electron chi connectivity index (χ1n) is 31.7. The van der Waals surface area contributed by atoms with Crippen molar-refractivity contribution in [2.75, 3.05) is 52.1 Å². The SMILES string of the molecule is COc1cc2cc(c1Cl)N(C)C(=O)C[C@H](OC(=O)[C@H](C)N(C)C(=O)CCSSC(C)(C)[C@H](NC(=O)N1CCC(CCn3ccc4cc(-n5c(O)nnc5-c5cc(C(C)C)c(O)cc5O)ccc43)CC1)C(N)=O)[C@]1(C)O[C@H]1[C@H](C)[C@@H]1C[C@@](O)(NC(=O)O1)[C@H](OC)/C=C/C=C(\C)C2. The summed E-state index contributed by atoms with van der Waals surface area (Å²) in [6, 6.07) is 11.2. The third-order valence-electron chi connectivity index (χ3n) is 18.8. The van der Waals surface area contributed by atoms with Crippen LogP contribution in [0.5, 0.6) is 23.3 Å². The number of carbonyl (C=O) groups is 6. The van der Waals surface area contributed by atoms with Crippen LogP contribution in [-0.2, 0) is 51.1 Å². The number of rotatable bonds is 19. The van der Waals surface area contributed by atoms with Crippen molar-refractivity contribution in [2.45, 2.75) is 165 Å². The number of hydrogen-bond donors (Lipinski definition) is 7. The number of aromatic hydroxyl groups is 3. The number of nitrogens with two attached hydrogens (primary N) is 1. The van der Waals surface area contributed by atoms with Crippen LogP contribution >= 0.6 is 33.2 Å². The van der Waals surface area contributed by atoms with E-state index in [-0.39, 0.29) is 52.9 Å². The predicted molar refractivity (Wildman–Crippen MR) is 362 cm³/mol. The van der Waals surface area contributed by atoms with Gasteiger partial charge < -0.3 is 74.4 Å². The van der Waals surface area contributed by atoms with E-state index in [4.69, 9.17) is 41.0 Å². The molecule has 6 heterocycles. The molecule has 4 aliphatic heterocycles. The Morgan fingerprint density at radius 1 is 1.02 bits per heavy atom. The highest BCUT2D eigenvalue weighted by atomic mass is 35.5. The average molecular weight is 1370 g/mol. The van der Waals surface area contributed by atoms with E-state index in [1.54, 1.807) is 70.0 Å². The van der Waals surface area contributed by atoms with Gasteiger partial charge in [0, 0.05) is 93.3 Å². The smallest absolute Gasteiger partial charge is 0.409 e. The summed E-state index contributed by atoms with van der Waals surface area (Å²) >= 11 is 6.86. The van der Waals surface area contributed by atoms with E-state index in [2.05, 4.69) is 25.4 Å². The normalized spacial score (nSPS) is 24.4. The number of phenols is 2. The fourth-order valence-corrected chi connectivity index (χ4v) is 15.7. The molecule has 0 aliphatic carbocycles. The Morgan fingerprint density at radius 2 is 1.75 bits per heavy atom. The van der Waals surface area contributed by atoms with E-state index < -0.39 is 101 Å². The van der Waals surface area contributed by atoms with Crippen molar-refractivity contribution in [2.24, 2.45) is 17.6 Å². The second-order valence-electron chi connectivity index (χ2n) is 26.2. The van der Waals surface area contributed by atoms with Crippen molar-refractivity contribution in [3.8, 4) is 40.3 Å². The Morgan fingerprint density at radius 3 is 2.43 bits per heavy atom. The zero-order valence-corrected chi connectivity index (χ0v) is 58.0. The summed E-state index contributed by atoms with van der Waals surface area (Å²) in [7, 11) is 8.51. The number of esters is 1. The molecule has 4 aliphatic rings. The topological polar surface area (TPSA) is 328 Å². The number of aryl methyl sites for hydroxylation is 1. The van der Waals surface area contributed by atoms with Gasteiger partial charge in [0.15, 0.2) is 11.5 Å². The van der Waals surface area contributed by atoms with Crippen LogP contribution in [-0.4, -0.2) is 185 Å². The number of aliphatic hydroxyl groups is 1. The fourth-order valence-electron chi connectivity index (χ4n) is 12.8. The molecule has 5 aromatic rings. The second kappa shape index (κ2) is 29.3. The molecule has 3 aromatic carbocycles. The van der Waals surface area contributed by atoms with Crippen molar-refractivity contribution in [1.29, 1.82) is 0 Å². The Balaban J connectivity index is 0.774. The molecule has 9 atom stereocenters. The lowest BCUT2D eigenvalue weighted by Gasteiger charge is -2.42. The minimum Gasteiger partial charge on any atom is -0.508 e. The van der Waals surface area contributed by atoms with E-state index in [1.165, 1.54) is 70.2 Å². The first kappa shape index (κ1) is 71.6. The summed E-state index contributed by atoms with van der Waals surface area (Å²) in [5.41, 5.74) is 7.20. The third kappa shape index (κ3) is 15.8. The lowest BCUT2D eigenvalue weighted by molar-refractivity contribution is -0.162. The van der Waals surface area contributed by atoms with Gasteiger partial charge in [-0.2, -0.15) is 0 Å². The van der Waals surface area contributed by atoms with Crippen LogP contribution in [0.25, 0.3) is 28.0 Å². The molecule has 0 saturated carbocycles. The van der Waals surface area contributed by atoms with Gasteiger partial charge in [0.25, 0.3) is 0 Å². The van der Waals surface area contributed by atoms with Crippen LogP contribution in [0.3, 0.4) is 0 Å². The van der Waals surface area contributed by atoms with E-state index >= 15 is 0 Å². The molecule has 3 fully saturated rings. The number of epoxide rings is 1. The number of carbonyl (C=O) groups excluding carboxylic acids is 6. The summed E-state index contributed by atoms with van der Waals surface area (Å²) in [5, 5.41) is 58.6. The maximum absolute atomic E-state index is 14.5. The van der Waals surface area contributed by atoms with Crippen molar-refractivity contribution in [3.63, 3.8) is 0 Å². The van der Waals surface area contributed by atoms with Gasteiger partial charge in [0.2, 0.25) is 17.7 Å². The van der Waals surface area contributed by atoms with E-state index in [1.807, 2.05) is 57.3 Å². The highest BCUT2D eigenvalue weighted by Crippen LogP contribution is 2.50. The lowest BCUT2D eigenvalue weighted by Crippen LogP contribution is -2.63. The zero-order chi connectivity index (χ0) is 69.2. The Bertz CT molecular complexity index is 3780. The number of amides is 6. The molecule has 4 bridgehead atoms. The number of fused-ring (bicyclic) bond motifs is 6. The first-order valence-corrected chi connectivity index (χ1v) is 34.4. The number of piperidine rings is 1. The lowest BCUT2D eigenvalue weighted by atomic mass is 9.83. The van der Waals surface area contributed by atoms with Gasteiger partial charge >= 0.3 is 24.1 Å². The van der Waals surface area contributed by atoms with E-state index in [9.17, 15) is 49.2 Å². The highest BCUT2D eigenvalue weighted by Gasteiger charge is 2.64. The van der Waals surface area contributed by atoms with Crippen LogP contribution < -0.4 is 26.0 Å². The van der Waals surface area contributed by atoms with Crippen LogP contribution in [0.4, 0.5) is 15.3 Å². The van der Waals surface area contributed by atoms with Gasteiger partial charge in [-0.3, -0.25) is 19.7 Å². The molecule has 6 amide bonds. The standard InChI is InChI=1S/C67H87ClN10O15S2/c1-36(2)44-32-45(49(80)33-48(44)79)60-72-73-63(86)78(60)43-16-17-46-42(31-43)21-26-76(46)23-18-40-19-24-77(25-20-40)62(85)70-57(59(69)83)65(6,7)95-94-27-22-54(81)74(9)39(5)61(84)92-53-34-55(82)75(10)47-29-41(30-50(89-11)56(47)68)28-37(3)14-13-15-52(90-12)67(88)35-51(91-64(87)71-67)38(4)58-66(53,8)93-58/h13-17,21,26,29-33,36,38-40,51-53,57-58,79-80,88H,18-20,22-25,27-28,34-35H2,1-12H3,(H2,69,83)(H,70,85)(H,71,87)(H,73,86)/b15-13+,37-14+/t38-,39+,51+,52-,53+,57-,58+,66+,67+/m1/s1. The van der Waals surface area contributed by atoms with Crippen LogP contribution in [0, 0.1) is 11.8 Å². The van der Waals surface area contributed by atoms with Gasteiger partial charge in [-0.05, 0) is 126 Å². The van der Waals surface area contributed by atoms with Gasteiger partial charge in [-0.1, -0.05) is 82.9 Å². The largest absolute Gasteiger partial charge is 0.508 e. The van der Waals surface area contributed by atoms with Gasteiger partial charge in [0.1, 0.15) is 58.3 Å². The first-order chi connectivity index (χ1) is 44.9. The van der Waals surface area contributed by atoms with Gasteiger partial charge in [-0.15, -0.1) is 5.10 Å². The third-order valence-corrected chi connectivity index (χ3v) is 22.5.